The first kappa shape index (κ1) is 14.6. The van der Waals surface area contributed by atoms with Crippen LogP contribution in [0.25, 0.3) is 11.3 Å². The Kier molecular flexibility index (Phi) is 3.19. The third-order valence-corrected chi connectivity index (χ3v) is 3.23. The number of anilines is 1. The zero-order valence-electron chi connectivity index (χ0n) is 13.5. The van der Waals surface area contributed by atoms with E-state index in [2.05, 4.69) is 51.2 Å². The van der Waals surface area contributed by atoms with Crippen molar-refractivity contribution in [3.05, 3.63) is 18.2 Å². The predicted molar refractivity (Wildman–Crippen MR) is 82.5 cm³/mol. The number of nitrogens with zero attached hydrogens (tertiary/aromatic N) is 4. The van der Waals surface area contributed by atoms with Crippen molar-refractivity contribution in [2.24, 2.45) is 7.05 Å². The van der Waals surface area contributed by atoms with Crippen molar-refractivity contribution in [1.82, 2.24) is 19.3 Å². The van der Waals surface area contributed by atoms with E-state index in [1.54, 1.807) is 10.9 Å². The molecule has 0 spiro atoms. The zero-order chi connectivity index (χ0) is 15.3. The van der Waals surface area contributed by atoms with Gasteiger partial charge in [0.1, 0.15) is 17.3 Å². The Morgan fingerprint density at radius 2 is 1.70 bits per heavy atom. The van der Waals surface area contributed by atoms with E-state index < -0.39 is 0 Å². The van der Waals surface area contributed by atoms with Crippen LogP contribution in [0.1, 0.15) is 47.4 Å². The fraction of sp³-hybridized carbons (Fsp3) is 0.600. The summed E-state index contributed by atoms with van der Waals surface area (Å²) in [6, 6.07) is 0. The molecule has 0 aliphatic heterocycles. The lowest BCUT2D eigenvalue weighted by atomic mass is 9.94. The topological polar surface area (TPSA) is 61.7 Å². The molecular weight excluding hydrogens is 250 g/mol. The second kappa shape index (κ2) is 4.36. The molecular formula is C15H25N5. The molecule has 0 saturated heterocycles. The number of nitrogens with two attached hydrogens (primary N) is 1. The van der Waals surface area contributed by atoms with Gasteiger partial charge in [0, 0.05) is 29.8 Å². The maximum atomic E-state index is 6.39. The van der Waals surface area contributed by atoms with Crippen LogP contribution in [-0.2, 0) is 18.0 Å². The maximum Gasteiger partial charge on any atom is 0.132 e. The van der Waals surface area contributed by atoms with Gasteiger partial charge >= 0.3 is 0 Å². The Balaban J connectivity index is 2.71. The first-order chi connectivity index (χ1) is 9.01. The van der Waals surface area contributed by atoms with Crippen LogP contribution in [0.2, 0.25) is 0 Å². The Morgan fingerprint density at radius 3 is 2.05 bits per heavy atom. The highest BCUT2D eigenvalue weighted by Gasteiger charge is 2.30. The molecule has 0 saturated carbocycles. The first-order valence-corrected chi connectivity index (χ1v) is 6.90. The van der Waals surface area contributed by atoms with Crippen LogP contribution in [0.15, 0.2) is 12.4 Å². The maximum absolute atomic E-state index is 6.39. The van der Waals surface area contributed by atoms with Crippen molar-refractivity contribution in [1.29, 1.82) is 0 Å². The summed E-state index contributed by atoms with van der Waals surface area (Å²) in [5.74, 6) is 1.71. The van der Waals surface area contributed by atoms with Gasteiger partial charge in [-0.25, -0.2) is 4.98 Å². The summed E-state index contributed by atoms with van der Waals surface area (Å²) in [7, 11) is 1.89. The van der Waals surface area contributed by atoms with E-state index in [0.29, 0.717) is 5.82 Å². The molecule has 0 atom stereocenters. The van der Waals surface area contributed by atoms with Crippen molar-refractivity contribution < 1.29 is 0 Å². The van der Waals surface area contributed by atoms with Gasteiger partial charge in [-0.15, -0.1) is 0 Å². The van der Waals surface area contributed by atoms with Crippen LogP contribution in [-0.4, -0.2) is 19.3 Å². The van der Waals surface area contributed by atoms with Gasteiger partial charge in [0.15, 0.2) is 0 Å². The number of hydrogen-bond donors (Lipinski definition) is 1. The summed E-state index contributed by atoms with van der Waals surface area (Å²) >= 11 is 0. The third kappa shape index (κ3) is 2.44. The molecule has 0 aliphatic carbocycles. The minimum atomic E-state index is -0.111. The molecule has 0 radical (unpaired) electrons. The first-order valence-electron chi connectivity index (χ1n) is 6.90. The van der Waals surface area contributed by atoms with Crippen LogP contribution in [0.4, 0.5) is 5.82 Å². The average molecular weight is 275 g/mol. The van der Waals surface area contributed by atoms with Gasteiger partial charge in [0.05, 0.1) is 6.20 Å². The molecule has 5 nitrogen and oxygen atoms in total. The van der Waals surface area contributed by atoms with Crippen LogP contribution in [0.5, 0.6) is 0 Å². The number of hydrogen-bond acceptors (Lipinski definition) is 3. The van der Waals surface area contributed by atoms with E-state index in [0.717, 1.165) is 17.1 Å². The van der Waals surface area contributed by atoms with Gasteiger partial charge in [0.25, 0.3) is 0 Å². The Bertz CT molecular complexity index is 620. The molecule has 2 aromatic rings. The summed E-state index contributed by atoms with van der Waals surface area (Å²) in [5.41, 5.74) is 7.99. The normalized spacial score (nSPS) is 12.9. The smallest absolute Gasteiger partial charge is 0.132 e. The second-order valence-electron chi connectivity index (χ2n) is 7.33. The van der Waals surface area contributed by atoms with Crippen molar-refractivity contribution in [3.8, 4) is 11.3 Å². The summed E-state index contributed by atoms with van der Waals surface area (Å²) in [6.45, 7) is 12.9. The third-order valence-electron chi connectivity index (χ3n) is 3.23. The molecule has 0 bridgehead atoms. The van der Waals surface area contributed by atoms with Crippen molar-refractivity contribution in [2.45, 2.75) is 52.5 Å². The molecule has 2 rings (SSSR count). The molecule has 110 valence electrons. The SMILES string of the molecule is Cn1cc(-c2nc(C(C)(C)C)n(C(C)(C)C)c2N)cn1. The van der Waals surface area contributed by atoms with Crippen LogP contribution in [0, 0.1) is 0 Å². The fourth-order valence-electron chi connectivity index (χ4n) is 2.37. The van der Waals surface area contributed by atoms with E-state index in [1.165, 1.54) is 0 Å². The predicted octanol–water partition coefficient (Wildman–Crippen LogP) is 2.92. The van der Waals surface area contributed by atoms with E-state index in [4.69, 9.17) is 10.7 Å². The largest absolute Gasteiger partial charge is 0.383 e. The highest BCUT2D eigenvalue weighted by Crippen LogP contribution is 2.35. The lowest BCUT2D eigenvalue weighted by Gasteiger charge is -2.29. The minimum absolute atomic E-state index is 0.0676. The van der Waals surface area contributed by atoms with Crippen molar-refractivity contribution >= 4 is 5.82 Å². The molecule has 2 heterocycles. The highest BCUT2D eigenvalue weighted by atomic mass is 15.2. The van der Waals surface area contributed by atoms with Gasteiger partial charge in [-0.1, -0.05) is 20.8 Å². The van der Waals surface area contributed by atoms with Crippen LogP contribution < -0.4 is 5.73 Å². The standard InChI is InChI=1S/C15H25N5/c1-14(2,3)13-18-11(10-8-17-19(7)9-10)12(16)20(13)15(4,5)6/h8-9H,16H2,1-7H3. The Morgan fingerprint density at radius 1 is 1.10 bits per heavy atom. The van der Waals surface area contributed by atoms with Crippen LogP contribution in [0.3, 0.4) is 0 Å². The quantitative estimate of drug-likeness (QED) is 0.870. The summed E-state index contributed by atoms with van der Waals surface area (Å²) in [5, 5.41) is 4.21. The van der Waals surface area contributed by atoms with Crippen LogP contribution >= 0.6 is 0 Å². The van der Waals surface area contributed by atoms with Gasteiger partial charge < -0.3 is 10.3 Å². The number of aromatic nitrogens is 4. The molecule has 20 heavy (non-hydrogen) atoms. The molecule has 5 heteroatoms. The lowest BCUT2D eigenvalue weighted by Crippen LogP contribution is -2.30. The van der Waals surface area contributed by atoms with E-state index in [1.807, 2.05) is 13.2 Å². The van der Waals surface area contributed by atoms with Crippen molar-refractivity contribution in [3.63, 3.8) is 0 Å². The average Bonchev–Trinajstić information content (AvgIpc) is 2.79. The number of aryl methyl sites for hydroxylation is 1. The van der Waals surface area contributed by atoms with E-state index in [9.17, 15) is 0 Å². The Labute approximate surface area is 120 Å². The van der Waals surface area contributed by atoms with Gasteiger partial charge in [-0.3, -0.25) is 4.68 Å². The lowest BCUT2D eigenvalue weighted by molar-refractivity contribution is 0.359. The number of rotatable bonds is 1. The zero-order valence-corrected chi connectivity index (χ0v) is 13.5. The molecule has 2 N–H and O–H groups in total. The fourth-order valence-corrected chi connectivity index (χ4v) is 2.37. The number of nitrogen functional groups attached to an aromatic ring is 1. The van der Waals surface area contributed by atoms with Crippen molar-refractivity contribution in [2.75, 3.05) is 5.73 Å². The minimum Gasteiger partial charge on any atom is -0.383 e. The highest BCUT2D eigenvalue weighted by molar-refractivity contribution is 5.70. The Hall–Kier alpha value is -1.78. The molecule has 2 aromatic heterocycles. The molecule has 0 aromatic carbocycles. The second-order valence-corrected chi connectivity index (χ2v) is 7.33. The van der Waals surface area contributed by atoms with Gasteiger partial charge in [-0.2, -0.15) is 5.10 Å². The van der Waals surface area contributed by atoms with Gasteiger partial charge in [-0.05, 0) is 20.8 Å². The molecule has 0 fully saturated rings. The number of imidazole rings is 1. The summed E-state index contributed by atoms with van der Waals surface area (Å²) < 4.78 is 3.90. The molecule has 0 amide bonds. The van der Waals surface area contributed by atoms with E-state index >= 15 is 0 Å². The molecule has 0 unspecified atom stereocenters. The summed E-state index contributed by atoms with van der Waals surface area (Å²) in [6.07, 6.45) is 3.75. The summed E-state index contributed by atoms with van der Waals surface area (Å²) in [4.78, 5) is 4.82. The molecule has 0 aliphatic rings. The van der Waals surface area contributed by atoms with E-state index in [-0.39, 0.29) is 11.0 Å². The van der Waals surface area contributed by atoms with Gasteiger partial charge in [0.2, 0.25) is 0 Å². The monoisotopic (exact) mass is 275 g/mol.